The van der Waals surface area contributed by atoms with Crippen LogP contribution < -0.4 is 20.7 Å². The lowest BCUT2D eigenvalue weighted by Crippen LogP contribution is -2.19. The number of nitrogens with zero attached hydrogens (tertiary/aromatic N) is 2. The van der Waals surface area contributed by atoms with E-state index >= 15 is 0 Å². The molecule has 1 aromatic carbocycles. The van der Waals surface area contributed by atoms with Gasteiger partial charge in [-0.3, -0.25) is 4.79 Å². The van der Waals surface area contributed by atoms with Gasteiger partial charge in [-0.05, 0) is 24.3 Å². The van der Waals surface area contributed by atoms with Crippen LogP contribution >= 0.6 is 0 Å². The predicted molar refractivity (Wildman–Crippen MR) is 83.9 cm³/mol. The Morgan fingerprint density at radius 2 is 2.05 bits per heavy atom. The zero-order chi connectivity index (χ0) is 15.4. The summed E-state index contributed by atoms with van der Waals surface area (Å²) in [5, 5.41) is 2.79. The zero-order valence-corrected chi connectivity index (χ0v) is 12.3. The number of pyridine rings is 1. The van der Waals surface area contributed by atoms with E-state index in [4.69, 9.17) is 10.5 Å². The summed E-state index contributed by atoms with van der Waals surface area (Å²) in [6.45, 7) is 0. The summed E-state index contributed by atoms with van der Waals surface area (Å²) in [6.07, 6.45) is 1.54. The van der Waals surface area contributed by atoms with Gasteiger partial charge >= 0.3 is 0 Å². The largest absolute Gasteiger partial charge is 0.481 e. The van der Waals surface area contributed by atoms with E-state index in [0.717, 1.165) is 5.69 Å². The van der Waals surface area contributed by atoms with Crippen LogP contribution in [-0.2, 0) is 0 Å². The first-order chi connectivity index (χ1) is 10.0. The number of nitrogens with two attached hydrogens (primary N) is 1. The summed E-state index contributed by atoms with van der Waals surface area (Å²) in [5.41, 5.74) is 8.20. The number of rotatable bonds is 4. The monoisotopic (exact) mass is 286 g/mol. The van der Waals surface area contributed by atoms with E-state index in [-0.39, 0.29) is 5.91 Å². The molecule has 0 aliphatic carbocycles. The molecule has 1 aromatic heterocycles. The third kappa shape index (κ3) is 3.42. The molecule has 0 aliphatic rings. The quantitative estimate of drug-likeness (QED) is 0.840. The van der Waals surface area contributed by atoms with Gasteiger partial charge in [0, 0.05) is 31.5 Å². The highest BCUT2D eigenvalue weighted by atomic mass is 16.5. The number of carbonyl (C=O) groups is 1. The third-order valence-corrected chi connectivity index (χ3v) is 2.95. The molecule has 110 valence electrons. The molecule has 0 unspecified atom stereocenters. The Balaban J connectivity index is 2.25. The van der Waals surface area contributed by atoms with E-state index in [1.54, 1.807) is 30.5 Å². The number of ether oxygens (including phenoxy) is 1. The van der Waals surface area contributed by atoms with Crippen molar-refractivity contribution in [2.45, 2.75) is 0 Å². The highest BCUT2D eigenvalue weighted by Gasteiger charge is 2.14. The number of amides is 1. The first-order valence-electron chi connectivity index (χ1n) is 6.39. The molecule has 3 N–H and O–H groups in total. The second-order valence-electron chi connectivity index (χ2n) is 4.71. The molecule has 0 saturated heterocycles. The second-order valence-corrected chi connectivity index (χ2v) is 4.71. The van der Waals surface area contributed by atoms with Crippen molar-refractivity contribution < 1.29 is 9.53 Å². The van der Waals surface area contributed by atoms with E-state index in [2.05, 4.69) is 10.3 Å². The number of nitrogens with one attached hydrogen (secondary N) is 1. The Morgan fingerprint density at radius 1 is 1.29 bits per heavy atom. The third-order valence-electron chi connectivity index (χ3n) is 2.95. The average Bonchev–Trinajstić information content (AvgIpc) is 2.47. The molecule has 0 saturated carbocycles. The minimum Gasteiger partial charge on any atom is -0.481 e. The molecule has 0 bridgehead atoms. The Labute approximate surface area is 123 Å². The highest BCUT2D eigenvalue weighted by molar-refractivity contribution is 6.08. The summed E-state index contributed by atoms with van der Waals surface area (Å²) in [5.74, 6) is 0.254. The summed E-state index contributed by atoms with van der Waals surface area (Å²) in [7, 11) is 5.28. The number of methoxy groups -OCH3 is 1. The predicted octanol–water partition coefficient (Wildman–Crippen LogP) is 1.99. The summed E-state index contributed by atoms with van der Waals surface area (Å²) in [6, 6.07) is 8.65. The number of hydrogen-bond acceptors (Lipinski definition) is 5. The number of benzene rings is 1. The van der Waals surface area contributed by atoms with Crippen LogP contribution in [0.4, 0.5) is 17.1 Å². The van der Waals surface area contributed by atoms with Crippen molar-refractivity contribution in [3.8, 4) is 5.88 Å². The molecule has 2 rings (SSSR count). The normalized spacial score (nSPS) is 10.0. The molecule has 2 aromatic rings. The van der Waals surface area contributed by atoms with E-state index in [0.29, 0.717) is 22.8 Å². The number of carbonyl (C=O) groups excluding carboxylic acids is 1. The van der Waals surface area contributed by atoms with E-state index in [9.17, 15) is 4.79 Å². The molecule has 6 nitrogen and oxygen atoms in total. The number of hydrogen-bond donors (Lipinski definition) is 2. The van der Waals surface area contributed by atoms with Crippen LogP contribution in [-0.4, -0.2) is 32.1 Å². The van der Waals surface area contributed by atoms with Crippen LogP contribution in [0.15, 0.2) is 36.5 Å². The SMILES string of the molecule is COc1ccc(NC(=O)c2cc(N)ccc2N(C)C)cn1. The van der Waals surface area contributed by atoms with Crippen molar-refractivity contribution in [1.29, 1.82) is 0 Å². The molecule has 1 heterocycles. The topological polar surface area (TPSA) is 80.5 Å². The van der Waals surface area contributed by atoms with Gasteiger partial charge in [0.1, 0.15) is 0 Å². The van der Waals surface area contributed by atoms with Crippen molar-refractivity contribution in [1.82, 2.24) is 4.98 Å². The molecule has 6 heteroatoms. The zero-order valence-electron chi connectivity index (χ0n) is 12.3. The molecule has 21 heavy (non-hydrogen) atoms. The van der Waals surface area contributed by atoms with Crippen molar-refractivity contribution in [3.63, 3.8) is 0 Å². The lowest BCUT2D eigenvalue weighted by Gasteiger charge is -2.17. The Hall–Kier alpha value is -2.76. The van der Waals surface area contributed by atoms with E-state index < -0.39 is 0 Å². The minimum atomic E-state index is -0.238. The smallest absolute Gasteiger partial charge is 0.257 e. The van der Waals surface area contributed by atoms with Crippen LogP contribution in [0.5, 0.6) is 5.88 Å². The van der Waals surface area contributed by atoms with E-state index in [1.807, 2.05) is 25.1 Å². The van der Waals surface area contributed by atoms with Crippen LogP contribution in [0.3, 0.4) is 0 Å². The first-order valence-corrected chi connectivity index (χ1v) is 6.39. The Kier molecular flexibility index (Phi) is 4.27. The van der Waals surface area contributed by atoms with Crippen LogP contribution in [0.25, 0.3) is 0 Å². The van der Waals surface area contributed by atoms with Crippen molar-refractivity contribution in [3.05, 3.63) is 42.1 Å². The maximum atomic E-state index is 12.4. The lowest BCUT2D eigenvalue weighted by atomic mass is 10.1. The molecular weight excluding hydrogens is 268 g/mol. The molecular formula is C15H18N4O2. The molecule has 0 fully saturated rings. The number of nitrogen functional groups attached to an aromatic ring is 1. The summed E-state index contributed by atoms with van der Waals surface area (Å²) < 4.78 is 4.98. The molecule has 0 atom stereocenters. The van der Waals surface area contributed by atoms with Crippen molar-refractivity contribution >= 4 is 23.0 Å². The molecule has 0 radical (unpaired) electrons. The van der Waals surface area contributed by atoms with Gasteiger partial charge in [-0.2, -0.15) is 0 Å². The molecule has 1 amide bonds. The second kappa shape index (κ2) is 6.13. The van der Waals surface area contributed by atoms with Crippen LogP contribution in [0.1, 0.15) is 10.4 Å². The first kappa shape index (κ1) is 14.6. The Bertz CT molecular complexity index is 639. The van der Waals surface area contributed by atoms with Gasteiger partial charge in [-0.15, -0.1) is 0 Å². The van der Waals surface area contributed by atoms with Gasteiger partial charge in [0.2, 0.25) is 5.88 Å². The lowest BCUT2D eigenvalue weighted by molar-refractivity contribution is 0.102. The average molecular weight is 286 g/mol. The van der Waals surface area contributed by atoms with Gasteiger partial charge in [-0.1, -0.05) is 0 Å². The molecule has 0 aliphatic heterocycles. The van der Waals surface area contributed by atoms with Crippen molar-refractivity contribution in [2.24, 2.45) is 0 Å². The van der Waals surface area contributed by atoms with Crippen LogP contribution in [0.2, 0.25) is 0 Å². The van der Waals surface area contributed by atoms with E-state index in [1.165, 1.54) is 7.11 Å². The van der Waals surface area contributed by atoms with Crippen molar-refractivity contribution in [2.75, 3.05) is 37.2 Å². The summed E-state index contributed by atoms with van der Waals surface area (Å²) in [4.78, 5) is 18.3. The fourth-order valence-electron chi connectivity index (χ4n) is 1.90. The fourth-order valence-corrected chi connectivity index (χ4v) is 1.90. The fraction of sp³-hybridized carbons (Fsp3) is 0.200. The number of anilines is 3. The maximum Gasteiger partial charge on any atom is 0.257 e. The van der Waals surface area contributed by atoms with Gasteiger partial charge in [0.15, 0.2) is 0 Å². The molecule has 0 spiro atoms. The van der Waals surface area contributed by atoms with Gasteiger partial charge in [0.05, 0.1) is 24.6 Å². The number of aromatic nitrogens is 1. The highest BCUT2D eigenvalue weighted by Crippen LogP contribution is 2.23. The summed E-state index contributed by atoms with van der Waals surface area (Å²) >= 11 is 0. The minimum absolute atomic E-state index is 0.238. The van der Waals surface area contributed by atoms with Crippen LogP contribution in [0, 0.1) is 0 Å². The van der Waals surface area contributed by atoms with Gasteiger partial charge in [-0.25, -0.2) is 4.98 Å². The van der Waals surface area contributed by atoms with Gasteiger partial charge in [0.25, 0.3) is 5.91 Å². The van der Waals surface area contributed by atoms with Gasteiger partial charge < -0.3 is 20.7 Å². The maximum absolute atomic E-state index is 12.4. The standard InChI is InChI=1S/C15H18N4O2/c1-19(2)13-6-4-10(16)8-12(13)15(20)18-11-5-7-14(21-3)17-9-11/h4-9H,16H2,1-3H3,(H,18,20). The Morgan fingerprint density at radius 3 is 2.62 bits per heavy atom.